The number of nitrogens with one attached hydrogen (secondary N) is 8. The van der Waals surface area contributed by atoms with E-state index < -0.39 is 261 Å². The summed E-state index contributed by atoms with van der Waals surface area (Å²) in [6, 6.07) is 7.00. The molecule has 0 aliphatic carbocycles. The van der Waals surface area contributed by atoms with Crippen molar-refractivity contribution in [1.29, 1.82) is 0 Å². The number of aromatic hydroxyl groups is 3. The van der Waals surface area contributed by atoms with Crippen molar-refractivity contribution in [3.05, 3.63) is 147 Å². The molecule has 14 rings (SSSR count). The highest BCUT2D eigenvalue weighted by atomic mass is 35.5. The average molecular weight is 1770 g/mol. The van der Waals surface area contributed by atoms with Crippen molar-refractivity contribution in [2.75, 3.05) is 20.3 Å². The lowest BCUT2D eigenvalue weighted by atomic mass is 9.84. The van der Waals surface area contributed by atoms with E-state index in [1.165, 1.54) is 51.2 Å². The number of phenols is 3. The minimum Gasteiger partial charge on any atom is -0.508 e. The smallest absolute Gasteiger partial charge is 0.330 e. The van der Waals surface area contributed by atoms with Crippen molar-refractivity contribution in [3.63, 3.8) is 0 Å². The molecule has 0 radical (unpaired) electrons. The first-order valence-electron chi connectivity index (χ1n) is 40.5. The summed E-state index contributed by atoms with van der Waals surface area (Å²) in [7, 11) is 1.48. The molecule has 7 amide bonds. The third kappa shape index (κ3) is 20.8. The highest BCUT2D eigenvalue weighted by molar-refractivity contribution is 6.32. The molecule has 8 heterocycles. The molecule has 0 saturated carbocycles. The fraction of sp³-hybridized carbons (Fsp3) is 0.482. The maximum atomic E-state index is 16.5. The lowest BCUT2D eigenvalue weighted by molar-refractivity contribution is -0.334. The number of nitrogens with two attached hydrogens (primary N) is 2. The van der Waals surface area contributed by atoms with E-state index in [9.17, 15) is 65.4 Å². The number of carboxylic acids is 1. The van der Waals surface area contributed by atoms with Gasteiger partial charge in [0.15, 0.2) is 36.2 Å². The number of hydrogen-bond donors (Lipinski definition) is 20. The number of carbonyl (C=O) groups excluding carboxylic acids is 7. The van der Waals surface area contributed by atoms with Crippen LogP contribution in [-0.2, 0) is 68.6 Å². The number of benzene rings is 6. The van der Waals surface area contributed by atoms with Crippen molar-refractivity contribution in [3.8, 4) is 62.9 Å². The third-order valence-electron chi connectivity index (χ3n) is 22.7. The minimum absolute atomic E-state index is 0.117. The number of carbonyl (C=O) groups is 8. The lowest BCUT2D eigenvalue weighted by Crippen LogP contribution is -2.65. The first kappa shape index (κ1) is 92.9. The van der Waals surface area contributed by atoms with Crippen LogP contribution >= 0.6 is 23.2 Å². The fourth-order valence-electron chi connectivity index (χ4n) is 16.0. The normalized spacial score (nSPS) is 29.9. The van der Waals surface area contributed by atoms with Crippen LogP contribution in [0.25, 0.3) is 11.1 Å². The van der Waals surface area contributed by atoms with Gasteiger partial charge in [0.2, 0.25) is 53.4 Å². The Kier molecular flexibility index (Phi) is 29.3. The minimum atomic E-state index is -2.39. The van der Waals surface area contributed by atoms with Crippen molar-refractivity contribution in [2.24, 2.45) is 17.4 Å². The number of amides is 7. The van der Waals surface area contributed by atoms with E-state index in [0.717, 1.165) is 73.4 Å². The molecule has 8 aliphatic heterocycles. The number of rotatable bonds is 23. The molecule has 0 unspecified atom stereocenters. The summed E-state index contributed by atoms with van der Waals surface area (Å²) in [6.45, 7) is 11.7. The number of aliphatic hydroxyl groups excluding tert-OH is 6. The molecule has 124 heavy (non-hydrogen) atoms. The summed E-state index contributed by atoms with van der Waals surface area (Å²) in [5.41, 5.74) is 7.81. The Morgan fingerprint density at radius 1 is 0.669 bits per heavy atom. The Bertz CT molecular complexity index is 4960. The van der Waals surface area contributed by atoms with Crippen LogP contribution in [0.15, 0.2) is 103 Å². The first-order valence-corrected chi connectivity index (χ1v) is 41.3. The molecule has 6 aromatic rings. The molecule has 0 spiro atoms. The topological polar surface area (TPSA) is 570 Å². The zero-order valence-corrected chi connectivity index (χ0v) is 70.3. The van der Waals surface area contributed by atoms with Gasteiger partial charge in [-0.25, -0.2) is 4.79 Å². The molecule has 37 nitrogen and oxygen atoms in total. The van der Waals surface area contributed by atoms with Crippen LogP contribution in [0.1, 0.15) is 157 Å². The maximum Gasteiger partial charge on any atom is 0.330 e. The Balaban J connectivity index is 1.08. The van der Waals surface area contributed by atoms with Gasteiger partial charge in [-0.05, 0) is 148 Å². The summed E-state index contributed by atoms with van der Waals surface area (Å²) in [5.74, 6) is -15.4. The summed E-state index contributed by atoms with van der Waals surface area (Å²) in [6.07, 6.45) is -20.0. The largest absolute Gasteiger partial charge is 0.508 e. The summed E-state index contributed by atoms with van der Waals surface area (Å²) < 4.78 is 58.8. The molecular formula is C85H104Cl2N10O27. The van der Waals surface area contributed by atoms with Crippen molar-refractivity contribution < 1.29 is 132 Å². The van der Waals surface area contributed by atoms with Crippen LogP contribution in [-0.4, -0.2) is 222 Å². The van der Waals surface area contributed by atoms with Crippen molar-refractivity contribution >= 4 is 70.5 Å². The van der Waals surface area contributed by atoms with Crippen LogP contribution in [0.5, 0.6) is 51.7 Å². The molecule has 6 aromatic carbocycles. The number of phenolic OH excluding ortho intramolecular Hbond substituents is 3. The first-order chi connectivity index (χ1) is 58.8. The standard InChI is InChI=1S/C85H104Cl2N10O27/c1-9-10-11-22-116-45-17-12-39(13-18-45)34-91-85(7)33-61(118-38(5)75(85)107)123-73-70(105)69(104)58(35-98)121-83(73)124-72-56-27-43-28-57(72)120-55-21-16-42(26-49(55)87)71(122-60-32-84(6,89)74(106)37(4)117-60)67-81(113)95-65(82(114)115)47-29-44(99)30-53(101)62(47)46-24-40(14-19-52(46)100)63(78(110)97-67)94-79(111)64(43)93-77(109)51(31-59(88)102)92-80(112)66(96-76(108)50(90-8)23-36(2)3)68(103)41-15-20-54(119-56)48(86)25-41/h12-21,24-30,36-38,50-51,58,60-61,63-71,73-75,83,90-91,98-101,103-107H,9-11,22-23,31-35,89H2,1-8H3,(H2,88,102)(H,92,112)(H,93,109)(H,94,111)(H,95,113)(H,96,108)(H,97,110)(H,114,115)/t37-,38-,50+,51-,58+,60-,61-,63+,64+,65-,66+,67-,68+,69+,70-,71+,73+,74-,75-,83-,84-,85-/m0/s1. The Hall–Kier alpha value is -10.3. The Morgan fingerprint density at radius 3 is 1.91 bits per heavy atom. The van der Waals surface area contributed by atoms with Crippen molar-refractivity contribution in [2.45, 2.75) is 233 Å². The highest BCUT2D eigenvalue weighted by Crippen LogP contribution is 2.51. The SMILES string of the molecule is CCCCCOc1ccc(CN[C@@]2(C)C[C@H](O[C@H]3[C@H](Oc4c5cc6cc4Oc4ccc(cc4Cl)[C@@H](O[C@H]4C[C@](C)(N)[C@@H](O)[C@H](C)O4)[C@@H]4NC(=O)[C@H](NC(=O)[C@@H]6NC(=O)[C@H](CC(N)=O)NC(=O)[C@H](NC(=O)[C@@H](CC(C)C)NC)[C@H](O)c6ccc(c(Cl)c6)O5)c5ccc(O)c(c5)-c5c(O)cc(O)cc5[C@@H](C(=O)O)NC4=O)O[C@H](CO)[C@@H](O)[C@@H]3O)O[C@@H](C)[C@@H]2O)cc1. The molecule has 8 aliphatic rings. The number of hydrogen-bond acceptors (Lipinski definition) is 29. The zero-order chi connectivity index (χ0) is 89.8. The highest BCUT2D eigenvalue weighted by Gasteiger charge is 2.53. The molecular weight excluding hydrogens is 1660 g/mol. The number of primary amides is 1. The second kappa shape index (κ2) is 39.1. The Labute approximate surface area is 722 Å². The van der Waals surface area contributed by atoms with Gasteiger partial charge in [0.25, 0.3) is 0 Å². The second-order valence-corrected chi connectivity index (χ2v) is 33.5. The number of aliphatic hydroxyl groups is 6. The number of fused-ring (bicyclic) bond motifs is 15. The van der Waals surface area contributed by atoms with E-state index >= 15 is 24.0 Å². The molecule has 3 saturated heterocycles. The lowest BCUT2D eigenvalue weighted by Gasteiger charge is -2.48. The number of carboxylic acid groups (broad SMARTS) is 1. The molecule has 11 bridgehead atoms. The fourth-order valence-corrected chi connectivity index (χ4v) is 16.4. The number of ether oxygens (including phenoxy) is 9. The molecule has 22 atom stereocenters. The van der Waals surface area contributed by atoms with Crippen LogP contribution in [0.4, 0.5) is 0 Å². The summed E-state index contributed by atoms with van der Waals surface area (Å²) >= 11 is 14.7. The van der Waals surface area contributed by atoms with Gasteiger partial charge in [0.05, 0.1) is 60.1 Å². The number of likely N-dealkylation sites (N-methyl/N-ethyl adjacent to an activating group) is 1. The van der Waals surface area contributed by atoms with E-state index in [2.05, 4.69) is 49.5 Å². The number of halogens is 2. The van der Waals surface area contributed by atoms with Gasteiger partial charge in [0, 0.05) is 53.2 Å². The van der Waals surface area contributed by atoms with E-state index in [-0.39, 0.29) is 59.2 Å². The van der Waals surface area contributed by atoms with E-state index in [1.807, 2.05) is 38.1 Å². The van der Waals surface area contributed by atoms with Gasteiger partial charge in [0.1, 0.15) is 95.2 Å². The van der Waals surface area contributed by atoms with Crippen LogP contribution in [0, 0.1) is 5.92 Å². The predicted molar refractivity (Wildman–Crippen MR) is 440 cm³/mol. The van der Waals surface area contributed by atoms with Crippen LogP contribution in [0.3, 0.4) is 0 Å². The van der Waals surface area contributed by atoms with E-state index in [1.54, 1.807) is 13.8 Å². The maximum absolute atomic E-state index is 16.5. The summed E-state index contributed by atoms with van der Waals surface area (Å²) in [5, 5.41) is 137. The van der Waals surface area contributed by atoms with Gasteiger partial charge in [-0.2, -0.15) is 0 Å². The summed E-state index contributed by atoms with van der Waals surface area (Å²) in [4.78, 5) is 121. The average Bonchev–Trinajstić information content (AvgIpc) is 0.757. The molecule has 3 fully saturated rings. The molecule has 22 N–H and O–H groups in total. The van der Waals surface area contributed by atoms with Gasteiger partial charge in [-0.3, -0.25) is 33.6 Å². The number of aliphatic carboxylic acids is 1. The van der Waals surface area contributed by atoms with Crippen LogP contribution in [0.2, 0.25) is 10.0 Å². The van der Waals surface area contributed by atoms with Gasteiger partial charge in [-0.15, -0.1) is 0 Å². The predicted octanol–water partition coefficient (Wildman–Crippen LogP) is 3.74. The monoisotopic (exact) mass is 1770 g/mol. The van der Waals surface area contributed by atoms with Crippen LogP contribution < -0.4 is 72.9 Å². The van der Waals surface area contributed by atoms with Gasteiger partial charge >= 0.3 is 5.97 Å². The molecule has 39 heteroatoms. The van der Waals surface area contributed by atoms with Gasteiger partial charge in [-0.1, -0.05) is 87.1 Å². The third-order valence-corrected chi connectivity index (χ3v) is 23.3. The van der Waals surface area contributed by atoms with Gasteiger partial charge < -0.3 is 148 Å². The quantitative estimate of drug-likeness (QED) is 0.0406. The van der Waals surface area contributed by atoms with E-state index in [0.29, 0.717) is 12.4 Å². The number of unbranched alkanes of at least 4 members (excludes halogenated alkanes) is 2. The van der Waals surface area contributed by atoms with E-state index in [4.69, 9.17) is 77.3 Å². The molecule has 670 valence electrons. The second-order valence-electron chi connectivity index (χ2n) is 32.7. The zero-order valence-electron chi connectivity index (χ0n) is 68.8. The Morgan fingerprint density at radius 2 is 1.29 bits per heavy atom. The molecule has 0 aromatic heterocycles. The van der Waals surface area contributed by atoms with Crippen molar-refractivity contribution in [1.82, 2.24) is 42.5 Å².